The summed E-state index contributed by atoms with van der Waals surface area (Å²) in [6.45, 7) is 0. The van der Waals surface area contributed by atoms with E-state index in [9.17, 15) is 9.59 Å². The zero-order chi connectivity index (χ0) is 11.1. The molecule has 0 bridgehead atoms. The van der Waals surface area contributed by atoms with Crippen molar-refractivity contribution < 1.29 is 9.59 Å². The first kappa shape index (κ1) is 9.33. The van der Waals surface area contributed by atoms with E-state index in [0.29, 0.717) is 11.1 Å². The van der Waals surface area contributed by atoms with Gasteiger partial charge in [0.1, 0.15) is 0 Å². The molecule has 1 aliphatic carbocycles. The first-order valence-corrected chi connectivity index (χ1v) is 5.42. The highest BCUT2D eigenvalue weighted by Gasteiger charge is 2.39. The Kier molecular flexibility index (Phi) is 1.93. The molecular formula is C13H11NO2. The molecule has 1 unspecified atom stereocenters. The van der Waals surface area contributed by atoms with Gasteiger partial charge in [0, 0.05) is 0 Å². The highest BCUT2D eigenvalue weighted by molar-refractivity contribution is 6.21. The fourth-order valence-electron chi connectivity index (χ4n) is 2.34. The summed E-state index contributed by atoms with van der Waals surface area (Å²) in [5.41, 5.74) is 1.07. The van der Waals surface area contributed by atoms with Gasteiger partial charge in [-0.05, 0) is 25.0 Å². The summed E-state index contributed by atoms with van der Waals surface area (Å²) in [5, 5.41) is 0. The molecule has 16 heavy (non-hydrogen) atoms. The van der Waals surface area contributed by atoms with Gasteiger partial charge in [-0.15, -0.1) is 0 Å². The Balaban J connectivity index is 2.04. The smallest absolute Gasteiger partial charge is 0.262 e. The molecular weight excluding hydrogens is 202 g/mol. The first-order chi connectivity index (χ1) is 7.79. The molecule has 1 atom stereocenters. The second-order valence-electron chi connectivity index (χ2n) is 4.10. The molecule has 1 aromatic carbocycles. The summed E-state index contributed by atoms with van der Waals surface area (Å²) in [6, 6.07) is 6.96. The van der Waals surface area contributed by atoms with Crippen LogP contribution < -0.4 is 0 Å². The number of hydrogen-bond donors (Lipinski definition) is 0. The zero-order valence-corrected chi connectivity index (χ0v) is 8.72. The van der Waals surface area contributed by atoms with Gasteiger partial charge in [-0.1, -0.05) is 24.3 Å². The maximum atomic E-state index is 12.1. The molecule has 0 radical (unpaired) electrons. The van der Waals surface area contributed by atoms with Crippen molar-refractivity contribution in [2.75, 3.05) is 0 Å². The van der Waals surface area contributed by atoms with Crippen LogP contribution in [0.5, 0.6) is 0 Å². The predicted octanol–water partition coefficient (Wildman–Crippen LogP) is 2.00. The lowest BCUT2D eigenvalue weighted by Gasteiger charge is -2.19. The fourth-order valence-corrected chi connectivity index (χ4v) is 2.34. The van der Waals surface area contributed by atoms with Gasteiger partial charge in [0.05, 0.1) is 17.2 Å². The van der Waals surface area contributed by atoms with Crippen LogP contribution in [0, 0.1) is 0 Å². The van der Waals surface area contributed by atoms with Crippen LogP contribution in [0.4, 0.5) is 0 Å². The summed E-state index contributed by atoms with van der Waals surface area (Å²) in [6.07, 6.45) is 5.76. The van der Waals surface area contributed by atoms with Crippen LogP contribution in [0.3, 0.4) is 0 Å². The molecule has 0 N–H and O–H groups in total. The third-order valence-corrected chi connectivity index (χ3v) is 3.14. The van der Waals surface area contributed by atoms with E-state index < -0.39 is 0 Å². The molecule has 80 valence electrons. The predicted molar refractivity (Wildman–Crippen MR) is 59.1 cm³/mol. The number of carbonyl (C=O) groups excluding carboxylic acids is 2. The standard InChI is InChI=1S/C13H11NO2/c15-12-10-7-3-4-8-11(10)13(16)14(12)9-5-1-2-6-9/h1,3-5,7-9H,2,6H2. The number of amides is 2. The minimum atomic E-state index is -0.155. The topological polar surface area (TPSA) is 37.4 Å². The van der Waals surface area contributed by atoms with Crippen molar-refractivity contribution in [1.29, 1.82) is 0 Å². The number of carbonyl (C=O) groups is 2. The average molecular weight is 213 g/mol. The van der Waals surface area contributed by atoms with Gasteiger partial charge >= 0.3 is 0 Å². The Morgan fingerprint density at radius 1 is 1.06 bits per heavy atom. The molecule has 3 heteroatoms. The Hall–Kier alpha value is -1.90. The van der Waals surface area contributed by atoms with Gasteiger partial charge in [0.25, 0.3) is 11.8 Å². The minimum Gasteiger partial charge on any atom is -0.269 e. The quantitative estimate of drug-likeness (QED) is 0.528. The third-order valence-electron chi connectivity index (χ3n) is 3.14. The zero-order valence-electron chi connectivity index (χ0n) is 8.72. The van der Waals surface area contributed by atoms with Gasteiger partial charge in [0.2, 0.25) is 0 Å². The molecule has 2 amide bonds. The van der Waals surface area contributed by atoms with Crippen LogP contribution in [0.2, 0.25) is 0 Å². The van der Waals surface area contributed by atoms with E-state index >= 15 is 0 Å². The lowest BCUT2D eigenvalue weighted by Crippen LogP contribution is -2.37. The summed E-state index contributed by atoms with van der Waals surface area (Å²) < 4.78 is 0. The highest BCUT2D eigenvalue weighted by atomic mass is 16.2. The summed E-state index contributed by atoms with van der Waals surface area (Å²) in [5.74, 6) is -0.311. The van der Waals surface area contributed by atoms with E-state index in [1.165, 1.54) is 4.90 Å². The number of fused-ring (bicyclic) bond motifs is 1. The lowest BCUT2D eigenvalue weighted by molar-refractivity contribution is 0.0614. The van der Waals surface area contributed by atoms with Crippen molar-refractivity contribution >= 4 is 11.8 Å². The Morgan fingerprint density at radius 3 is 2.19 bits per heavy atom. The fraction of sp³-hybridized carbons (Fsp3) is 0.231. The molecule has 1 aliphatic heterocycles. The van der Waals surface area contributed by atoms with E-state index in [-0.39, 0.29) is 17.9 Å². The molecule has 1 aromatic rings. The molecule has 0 fully saturated rings. The monoisotopic (exact) mass is 213 g/mol. The third kappa shape index (κ3) is 1.14. The maximum absolute atomic E-state index is 12.1. The van der Waals surface area contributed by atoms with Crippen molar-refractivity contribution in [3.63, 3.8) is 0 Å². The van der Waals surface area contributed by atoms with Crippen LogP contribution in [-0.4, -0.2) is 22.8 Å². The highest BCUT2D eigenvalue weighted by Crippen LogP contribution is 2.28. The number of benzene rings is 1. The lowest BCUT2D eigenvalue weighted by atomic mass is 10.1. The first-order valence-electron chi connectivity index (χ1n) is 5.42. The van der Waals surface area contributed by atoms with E-state index in [4.69, 9.17) is 0 Å². The van der Waals surface area contributed by atoms with E-state index in [1.807, 2.05) is 12.2 Å². The minimum absolute atomic E-state index is 0.0487. The van der Waals surface area contributed by atoms with E-state index in [1.54, 1.807) is 24.3 Å². The largest absolute Gasteiger partial charge is 0.269 e. The van der Waals surface area contributed by atoms with Crippen LogP contribution in [0.25, 0.3) is 0 Å². The van der Waals surface area contributed by atoms with Crippen molar-refractivity contribution in [1.82, 2.24) is 4.90 Å². The molecule has 2 aliphatic rings. The van der Waals surface area contributed by atoms with Gasteiger partial charge < -0.3 is 0 Å². The number of allylic oxidation sites excluding steroid dienone is 1. The molecule has 0 saturated heterocycles. The summed E-state index contributed by atoms with van der Waals surface area (Å²) >= 11 is 0. The molecule has 3 nitrogen and oxygen atoms in total. The Morgan fingerprint density at radius 2 is 1.69 bits per heavy atom. The van der Waals surface area contributed by atoms with E-state index in [2.05, 4.69) is 0 Å². The average Bonchev–Trinajstić information content (AvgIpc) is 2.89. The Bertz CT molecular complexity index is 469. The van der Waals surface area contributed by atoms with Crippen LogP contribution in [0.1, 0.15) is 33.6 Å². The molecule has 3 rings (SSSR count). The number of imide groups is 1. The molecule has 1 heterocycles. The van der Waals surface area contributed by atoms with Crippen LogP contribution in [0.15, 0.2) is 36.4 Å². The van der Waals surface area contributed by atoms with Crippen molar-refractivity contribution in [2.45, 2.75) is 18.9 Å². The maximum Gasteiger partial charge on any atom is 0.262 e. The number of hydrogen-bond acceptors (Lipinski definition) is 2. The van der Waals surface area contributed by atoms with Gasteiger partial charge in [0.15, 0.2) is 0 Å². The normalized spacial score (nSPS) is 23.0. The van der Waals surface area contributed by atoms with Crippen molar-refractivity contribution in [2.24, 2.45) is 0 Å². The molecule has 0 aromatic heterocycles. The van der Waals surface area contributed by atoms with Gasteiger partial charge in [-0.2, -0.15) is 0 Å². The number of rotatable bonds is 1. The van der Waals surface area contributed by atoms with Crippen molar-refractivity contribution in [3.05, 3.63) is 47.5 Å². The van der Waals surface area contributed by atoms with Crippen molar-refractivity contribution in [3.8, 4) is 0 Å². The Labute approximate surface area is 93.4 Å². The second kappa shape index (κ2) is 3.30. The van der Waals surface area contributed by atoms with Gasteiger partial charge in [-0.25, -0.2) is 0 Å². The van der Waals surface area contributed by atoms with Gasteiger partial charge in [-0.3, -0.25) is 14.5 Å². The summed E-state index contributed by atoms with van der Waals surface area (Å²) in [7, 11) is 0. The number of nitrogens with zero attached hydrogens (tertiary/aromatic N) is 1. The van der Waals surface area contributed by atoms with Crippen LogP contribution in [-0.2, 0) is 0 Å². The molecule has 0 saturated carbocycles. The second-order valence-corrected chi connectivity index (χ2v) is 4.10. The molecule has 0 spiro atoms. The van der Waals surface area contributed by atoms with Crippen LogP contribution >= 0.6 is 0 Å². The summed E-state index contributed by atoms with van der Waals surface area (Å²) in [4.78, 5) is 25.5. The SMILES string of the molecule is O=C1c2ccccc2C(=O)N1C1C=CCC1. The van der Waals surface area contributed by atoms with E-state index in [0.717, 1.165) is 12.8 Å².